The lowest BCUT2D eigenvalue weighted by molar-refractivity contribution is -0.116. The second-order valence-electron chi connectivity index (χ2n) is 6.44. The van der Waals surface area contributed by atoms with Gasteiger partial charge in [-0.05, 0) is 35.4 Å². The largest absolute Gasteiger partial charge is 0.495 e. The highest BCUT2D eigenvalue weighted by Crippen LogP contribution is 2.35. The number of methoxy groups -OCH3 is 1. The predicted octanol–water partition coefficient (Wildman–Crippen LogP) is 5.11. The Morgan fingerprint density at radius 1 is 1.03 bits per heavy atom. The summed E-state index contributed by atoms with van der Waals surface area (Å²) in [5.74, 6) is 0.511. The highest BCUT2D eigenvalue weighted by Gasteiger charge is 2.28. The first-order chi connectivity index (χ1) is 14.7. The standard InChI is InChI=1S/C24H21ClN2O3/c1-29-23-10-6-5-9-21(23)27(24(28)15-25)22(16-26)19-11-13-20(14-12-19)30-17-18-7-3-2-4-8-18/h2-14,22H,15,17H2,1H3/t22-/m0/s1. The topological polar surface area (TPSA) is 62.6 Å². The molecule has 5 nitrogen and oxygen atoms in total. The molecular weight excluding hydrogens is 400 g/mol. The quantitative estimate of drug-likeness (QED) is 0.475. The molecule has 0 saturated carbocycles. The first-order valence-corrected chi connectivity index (χ1v) is 9.88. The molecular formula is C24H21ClN2O3. The Morgan fingerprint density at radius 3 is 2.33 bits per heavy atom. The van der Waals surface area contributed by atoms with Gasteiger partial charge in [0.25, 0.3) is 0 Å². The molecule has 3 aromatic rings. The average molecular weight is 421 g/mol. The van der Waals surface area contributed by atoms with E-state index in [0.717, 1.165) is 5.56 Å². The third kappa shape index (κ3) is 4.91. The maximum Gasteiger partial charge on any atom is 0.243 e. The lowest BCUT2D eigenvalue weighted by Crippen LogP contribution is -2.35. The first kappa shape index (κ1) is 21.2. The van der Waals surface area contributed by atoms with E-state index >= 15 is 0 Å². The number of anilines is 1. The summed E-state index contributed by atoms with van der Waals surface area (Å²) in [4.78, 5) is 14.0. The number of carbonyl (C=O) groups excluding carboxylic acids is 1. The third-order valence-corrected chi connectivity index (χ3v) is 4.78. The van der Waals surface area contributed by atoms with Crippen LogP contribution in [0.15, 0.2) is 78.9 Å². The Bertz CT molecular complexity index is 1020. The van der Waals surface area contributed by atoms with Gasteiger partial charge in [0.05, 0.1) is 18.9 Å². The molecule has 0 fully saturated rings. The molecule has 0 aliphatic carbocycles. The van der Waals surface area contributed by atoms with Gasteiger partial charge in [0.1, 0.15) is 30.0 Å². The van der Waals surface area contributed by atoms with E-state index in [9.17, 15) is 10.1 Å². The smallest absolute Gasteiger partial charge is 0.243 e. The van der Waals surface area contributed by atoms with Gasteiger partial charge >= 0.3 is 0 Å². The van der Waals surface area contributed by atoms with Crippen LogP contribution in [-0.4, -0.2) is 18.9 Å². The van der Waals surface area contributed by atoms with Crippen LogP contribution in [0, 0.1) is 11.3 Å². The summed E-state index contributed by atoms with van der Waals surface area (Å²) in [6.07, 6.45) is 0. The molecule has 0 unspecified atom stereocenters. The van der Waals surface area contributed by atoms with Crippen molar-refractivity contribution in [2.24, 2.45) is 0 Å². The number of para-hydroxylation sites is 2. The molecule has 152 valence electrons. The van der Waals surface area contributed by atoms with Crippen LogP contribution in [0.1, 0.15) is 17.2 Å². The molecule has 3 aromatic carbocycles. The minimum Gasteiger partial charge on any atom is -0.495 e. The number of amides is 1. The van der Waals surface area contributed by atoms with Crippen molar-refractivity contribution in [3.63, 3.8) is 0 Å². The van der Waals surface area contributed by atoms with E-state index in [-0.39, 0.29) is 5.88 Å². The van der Waals surface area contributed by atoms with Gasteiger partial charge in [-0.3, -0.25) is 9.69 Å². The zero-order valence-electron chi connectivity index (χ0n) is 16.5. The molecule has 0 bridgehead atoms. The number of ether oxygens (including phenoxy) is 2. The number of hydrogen-bond donors (Lipinski definition) is 0. The minimum absolute atomic E-state index is 0.255. The van der Waals surface area contributed by atoms with Crippen molar-refractivity contribution in [3.05, 3.63) is 90.0 Å². The van der Waals surface area contributed by atoms with Gasteiger partial charge in [-0.15, -0.1) is 11.6 Å². The maximum atomic E-state index is 12.6. The molecule has 0 radical (unpaired) electrons. The van der Waals surface area contributed by atoms with E-state index in [1.165, 1.54) is 12.0 Å². The van der Waals surface area contributed by atoms with Gasteiger partial charge in [0, 0.05) is 0 Å². The number of hydrogen-bond acceptors (Lipinski definition) is 4. The molecule has 1 amide bonds. The van der Waals surface area contributed by atoms with Gasteiger partial charge in [-0.1, -0.05) is 54.6 Å². The zero-order chi connectivity index (χ0) is 21.3. The Kier molecular flexibility index (Phi) is 7.31. The number of alkyl halides is 1. The van der Waals surface area contributed by atoms with Crippen LogP contribution in [0.25, 0.3) is 0 Å². The van der Waals surface area contributed by atoms with Crippen LogP contribution in [0.2, 0.25) is 0 Å². The van der Waals surface area contributed by atoms with Crippen molar-refractivity contribution in [3.8, 4) is 17.6 Å². The predicted molar refractivity (Wildman–Crippen MR) is 117 cm³/mol. The van der Waals surface area contributed by atoms with Crippen LogP contribution in [0.4, 0.5) is 5.69 Å². The van der Waals surface area contributed by atoms with Crippen LogP contribution in [0.3, 0.4) is 0 Å². The maximum absolute atomic E-state index is 12.6. The highest BCUT2D eigenvalue weighted by molar-refractivity contribution is 6.29. The summed E-state index contributed by atoms with van der Waals surface area (Å²) in [5, 5.41) is 9.88. The van der Waals surface area contributed by atoms with Crippen LogP contribution in [0.5, 0.6) is 11.5 Å². The van der Waals surface area contributed by atoms with E-state index in [4.69, 9.17) is 21.1 Å². The minimum atomic E-state index is -0.865. The molecule has 0 aromatic heterocycles. The number of carbonyl (C=O) groups is 1. The van der Waals surface area contributed by atoms with Gasteiger partial charge < -0.3 is 9.47 Å². The molecule has 0 heterocycles. The van der Waals surface area contributed by atoms with Crippen molar-refractivity contribution < 1.29 is 14.3 Å². The number of halogens is 1. The van der Waals surface area contributed by atoms with Crippen LogP contribution < -0.4 is 14.4 Å². The Balaban J connectivity index is 1.85. The molecule has 6 heteroatoms. The molecule has 0 aliphatic heterocycles. The first-order valence-electron chi connectivity index (χ1n) is 9.35. The summed E-state index contributed by atoms with van der Waals surface area (Å²) in [7, 11) is 1.52. The van der Waals surface area contributed by atoms with Crippen LogP contribution >= 0.6 is 11.6 Å². The average Bonchev–Trinajstić information content (AvgIpc) is 2.82. The summed E-state index contributed by atoms with van der Waals surface area (Å²) in [6.45, 7) is 0.444. The summed E-state index contributed by atoms with van der Waals surface area (Å²) >= 11 is 5.84. The molecule has 0 aliphatic rings. The fourth-order valence-electron chi connectivity index (χ4n) is 3.08. The van der Waals surface area contributed by atoms with Gasteiger partial charge in [-0.2, -0.15) is 5.26 Å². The van der Waals surface area contributed by atoms with Crippen molar-refractivity contribution in [2.45, 2.75) is 12.6 Å². The SMILES string of the molecule is COc1ccccc1N(C(=O)CCl)[C@@H](C#N)c1ccc(OCc2ccccc2)cc1. The number of rotatable bonds is 8. The lowest BCUT2D eigenvalue weighted by Gasteiger charge is -2.28. The highest BCUT2D eigenvalue weighted by atomic mass is 35.5. The number of nitriles is 1. The number of nitrogens with zero attached hydrogens (tertiary/aromatic N) is 2. The lowest BCUT2D eigenvalue weighted by atomic mass is 10.0. The molecule has 1 atom stereocenters. The fourth-order valence-corrected chi connectivity index (χ4v) is 3.21. The van der Waals surface area contributed by atoms with Gasteiger partial charge in [0.15, 0.2) is 0 Å². The molecule has 3 rings (SSSR count). The van der Waals surface area contributed by atoms with Gasteiger partial charge in [-0.25, -0.2) is 0 Å². The third-order valence-electron chi connectivity index (χ3n) is 4.55. The van der Waals surface area contributed by atoms with E-state index in [2.05, 4.69) is 6.07 Å². The van der Waals surface area contributed by atoms with Crippen molar-refractivity contribution in [1.29, 1.82) is 5.26 Å². The van der Waals surface area contributed by atoms with Crippen molar-refractivity contribution in [1.82, 2.24) is 0 Å². The number of benzene rings is 3. The molecule has 0 saturated heterocycles. The van der Waals surface area contributed by atoms with Crippen LogP contribution in [-0.2, 0) is 11.4 Å². The molecule has 0 spiro atoms. The van der Waals surface area contributed by atoms with Gasteiger partial charge in [0.2, 0.25) is 5.91 Å². The Morgan fingerprint density at radius 2 is 1.70 bits per heavy atom. The molecule has 0 N–H and O–H groups in total. The zero-order valence-corrected chi connectivity index (χ0v) is 17.3. The second kappa shape index (κ2) is 10.3. The Labute approximate surface area is 181 Å². The normalized spacial score (nSPS) is 11.2. The Hall–Kier alpha value is -3.49. The fraction of sp³-hybridized carbons (Fsp3) is 0.167. The molecule has 30 heavy (non-hydrogen) atoms. The second-order valence-corrected chi connectivity index (χ2v) is 6.71. The van der Waals surface area contributed by atoms with Crippen molar-refractivity contribution >= 4 is 23.2 Å². The van der Waals surface area contributed by atoms with E-state index < -0.39 is 11.9 Å². The monoisotopic (exact) mass is 420 g/mol. The summed E-state index contributed by atoms with van der Waals surface area (Å²) < 4.78 is 11.2. The summed E-state index contributed by atoms with van der Waals surface area (Å²) in [5.41, 5.74) is 2.20. The summed E-state index contributed by atoms with van der Waals surface area (Å²) in [6, 6.07) is 25.4. The van der Waals surface area contributed by atoms with E-state index in [0.29, 0.717) is 29.4 Å². The van der Waals surface area contributed by atoms with E-state index in [1.807, 2.05) is 30.3 Å². The van der Waals surface area contributed by atoms with E-state index in [1.54, 1.807) is 48.5 Å². The van der Waals surface area contributed by atoms with Crippen molar-refractivity contribution in [2.75, 3.05) is 17.9 Å².